The number of rotatable bonds is 13. The summed E-state index contributed by atoms with van der Waals surface area (Å²) in [6.07, 6.45) is 3.00. The molecule has 232 valence electrons. The zero-order valence-electron chi connectivity index (χ0n) is 27.2. The molecule has 7 atom stereocenters. The molecule has 43 heavy (non-hydrogen) atoms. The van der Waals surface area contributed by atoms with Crippen molar-refractivity contribution < 1.29 is 18.7 Å². The summed E-state index contributed by atoms with van der Waals surface area (Å²) < 4.78 is 20.7. The number of carbonyl (C=O) groups excluding carboxylic acids is 1. The van der Waals surface area contributed by atoms with Gasteiger partial charge in [0.15, 0.2) is 0 Å². The third-order valence-corrected chi connectivity index (χ3v) is 14.5. The Kier molecular flexibility index (Phi) is 11.6. The largest absolute Gasteiger partial charge is 0.407 e. The fraction of sp³-hybridized carbons (Fsp3) is 0.500. The Morgan fingerprint density at radius 3 is 1.91 bits per heavy atom. The van der Waals surface area contributed by atoms with Gasteiger partial charge >= 0.3 is 0 Å². The van der Waals surface area contributed by atoms with Gasteiger partial charge in [-0.25, -0.2) is 0 Å². The normalized spacial score (nSPS) is 22.3. The lowest BCUT2D eigenvalue weighted by Gasteiger charge is -2.45. The Morgan fingerprint density at radius 2 is 1.40 bits per heavy atom. The maximum Gasteiger partial charge on any atom is 0.261 e. The first-order valence-electron chi connectivity index (χ1n) is 16.1. The molecule has 0 aliphatic carbocycles. The topological polar surface area (TPSA) is 44.8 Å². The summed E-state index contributed by atoms with van der Waals surface area (Å²) in [6, 6.07) is 31.9. The van der Waals surface area contributed by atoms with Crippen molar-refractivity contribution in [3.05, 3.63) is 96.6 Å². The van der Waals surface area contributed by atoms with Crippen LogP contribution in [0.4, 0.5) is 0 Å². The van der Waals surface area contributed by atoms with Gasteiger partial charge in [0.2, 0.25) is 0 Å². The van der Waals surface area contributed by atoms with E-state index in [1.165, 1.54) is 10.4 Å². The summed E-state index contributed by atoms with van der Waals surface area (Å²) in [4.78, 5) is 12.0. The second-order valence-electron chi connectivity index (χ2n) is 13.8. The van der Waals surface area contributed by atoms with Gasteiger partial charge in [0.25, 0.3) is 8.32 Å². The maximum atomic E-state index is 12.0. The maximum absolute atomic E-state index is 12.0. The highest BCUT2D eigenvalue weighted by Gasteiger charge is 2.50. The number of ether oxygens (including phenoxy) is 2. The van der Waals surface area contributed by atoms with Crippen molar-refractivity contribution in [2.45, 2.75) is 91.3 Å². The van der Waals surface area contributed by atoms with Crippen molar-refractivity contribution >= 4 is 25.0 Å². The lowest BCUT2D eigenvalue weighted by atomic mass is 9.79. The SMILES string of the molecule is C[C@@H]([C@@H](OCc1ccccc1)[C@@H](C)C=O)[C@H]1O[C@H]([C@H](C)CO[Si](c2ccccc2)(c2ccccc2)C(C)(C)C)CC[C@@H]1C. The molecule has 0 unspecified atom stereocenters. The average molecular weight is 601 g/mol. The van der Waals surface area contributed by atoms with Crippen molar-refractivity contribution in [3.8, 4) is 0 Å². The molecule has 1 aliphatic rings. The second kappa shape index (κ2) is 14.9. The van der Waals surface area contributed by atoms with Crippen LogP contribution >= 0.6 is 0 Å². The third-order valence-electron chi connectivity index (χ3n) is 9.47. The van der Waals surface area contributed by atoms with Gasteiger partial charge in [0, 0.05) is 24.4 Å². The lowest BCUT2D eigenvalue weighted by molar-refractivity contribution is -0.160. The lowest BCUT2D eigenvalue weighted by Crippen LogP contribution is -2.67. The van der Waals surface area contributed by atoms with Crippen LogP contribution in [-0.2, 0) is 25.3 Å². The van der Waals surface area contributed by atoms with Crippen molar-refractivity contribution in [1.29, 1.82) is 0 Å². The van der Waals surface area contributed by atoms with Crippen molar-refractivity contribution in [2.24, 2.45) is 23.7 Å². The molecule has 1 saturated heterocycles. The summed E-state index contributed by atoms with van der Waals surface area (Å²) in [5.74, 6) is 0.464. The molecule has 1 heterocycles. The van der Waals surface area contributed by atoms with Gasteiger partial charge in [-0.15, -0.1) is 0 Å². The van der Waals surface area contributed by atoms with E-state index in [0.29, 0.717) is 19.1 Å². The molecule has 4 rings (SSSR count). The van der Waals surface area contributed by atoms with E-state index in [1.54, 1.807) is 0 Å². The van der Waals surface area contributed by atoms with E-state index >= 15 is 0 Å². The third kappa shape index (κ3) is 7.75. The molecular weight excluding hydrogens is 549 g/mol. The van der Waals surface area contributed by atoms with E-state index < -0.39 is 8.32 Å². The number of hydrogen-bond acceptors (Lipinski definition) is 4. The molecule has 0 spiro atoms. The Balaban J connectivity index is 1.52. The zero-order chi connectivity index (χ0) is 31.0. The molecule has 1 fully saturated rings. The fourth-order valence-corrected chi connectivity index (χ4v) is 11.7. The van der Waals surface area contributed by atoms with E-state index in [4.69, 9.17) is 13.9 Å². The first-order valence-corrected chi connectivity index (χ1v) is 18.0. The van der Waals surface area contributed by atoms with E-state index in [-0.39, 0.29) is 41.1 Å². The van der Waals surface area contributed by atoms with Gasteiger partial charge in [0.1, 0.15) is 6.29 Å². The first-order chi connectivity index (χ1) is 20.6. The van der Waals surface area contributed by atoms with E-state index in [9.17, 15) is 4.79 Å². The Morgan fingerprint density at radius 1 is 0.860 bits per heavy atom. The highest BCUT2D eigenvalue weighted by Crippen LogP contribution is 2.39. The average Bonchev–Trinajstić information content (AvgIpc) is 3.02. The summed E-state index contributed by atoms with van der Waals surface area (Å²) >= 11 is 0. The molecule has 0 amide bonds. The summed E-state index contributed by atoms with van der Waals surface area (Å²) in [5, 5.41) is 2.53. The van der Waals surface area contributed by atoms with Crippen LogP contribution in [-0.4, -0.2) is 39.5 Å². The highest BCUT2D eigenvalue weighted by atomic mass is 28.4. The van der Waals surface area contributed by atoms with Crippen LogP contribution in [0.5, 0.6) is 0 Å². The number of benzene rings is 3. The van der Waals surface area contributed by atoms with Gasteiger partial charge in [-0.1, -0.05) is 139 Å². The fourth-order valence-electron chi connectivity index (χ4n) is 7.00. The van der Waals surface area contributed by atoms with Crippen molar-refractivity contribution in [3.63, 3.8) is 0 Å². The minimum Gasteiger partial charge on any atom is -0.407 e. The van der Waals surface area contributed by atoms with E-state index in [2.05, 4.69) is 114 Å². The van der Waals surface area contributed by atoms with Gasteiger partial charge in [-0.05, 0) is 39.7 Å². The molecule has 3 aromatic rings. The van der Waals surface area contributed by atoms with E-state index in [0.717, 1.165) is 24.7 Å². The quantitative estimate of drug-likeness (QED) is 0.151. The van der Waals surface area contributed by atoms with Crippen LogP contribution < -0.4 is 10.4 Å². The monoisotopic (exact) mass is 600 g/mol. The minimum absolute atomic E-state index is 0.0113. The van der Waals surface area contributed by atoms with Gasteiger partial charge < -0.3 is 18.7 Å². The Labute approximate surface area is 261 Å². The standard InChI is InChI=1S/C38H52O4Si/c1-28-23-24-35(42-37(28)31(4)36(29(2)25-39)40-27-32-17-11-8-12-18-32)30(3)26-41-43(38(5,6)7,33-19-13-9-14-20-33)34-21-15-10-16-22-34/h8-22,25,28-31,35-37H,23-24,26-27H2,1-7H3/t28-,29-,30+,31-,35-,36-,37-/m0/s1. The molecule has 1 aliphatic heterocycles. The number of carbonyl (C=O) groups is 1. The summed E-state index contributed by atoms with van der Waals surface area (Å²) in [6.45, 7) is 16.8. The summed E-state index contributed by atoms with van der Waals surface area (Å²) in [7, 11) is -2.62. The first kappa shape index (κ1) is 33.3. The smallest absolute Gasteiger partial charge is 0.261 e. The molecule has 3 aromatic carbocycles. The van der Waals surface area contributed by atoms with E-state index in [1.807, 2.05) is 25.1 Å². The molecular formula is C38H52O4Si. The predicted octanol–water partition coefficient (Wildman–Crippen LogP) is 7.44. The molecule has 0 aromatic heterocycles. The van der Waals surface area contributed by atoms with Gasteiger partial charge in [0.05, 0.1) is 24.9 Å². The van der Waals surface area contributed by atoms with Crippen LogP contribution in [0, 0.1) is 23.7 Å². The second-order valence-corrected chi connectivity index (χ2v) is 18.1. The predicted molar refractivity (Wildman–Crippen MR) is 179 cm³/mol. The highest BCUT2D eigenvalue weighted by molar-refractivity contribution is 6.99. The number of aldehydes is 1. The van der Waals surface area contributed by atoms with Crippen molar-refractivity contribution in [2.75, 3.05) is 6.61 Å². The summed E-state index contributed by atoms with van der Waals surface area (Å²) in [5.41, 5.74) is 1.11. The van der Waals surface area contributed by atoms with Gasteiger partial charge in [-0.3, -0.25) is 0 Å². The Hall–Kier alpha value is -2.57. The van der Waals surface area contributed by atoms with Crippen LogP contribution in [0.1, 0.15) is 66.9 Å². The molecule has 5 heteroatoms. The molecule has 0 N–H and O–H groups in total. The molecule has 0 radical (unpaired) electrons. The van der Waals surface area contributed by atoms with Crippen LogP contribution in [0.2, 0.25) is 5.04 Å². The number of hydrogen-bond donors (Lipinski definition) is 0. The molecule has 0 saturated carbocycles. The molecule has 4 nitrogen and oxygen atoms in total. The zero-order valence-corrected chi connectivity index (χ0v) is 28.2. The minimum atomic E-state index is -2.62. The van der Waals surface area contributed by atoms with Crippen LogP contribution in [0.3, 0.4) is 0 Å². The van der Waals surface area contributed by atoms with Crippen molar-refractivity contribution in [1.82, 2.24) is 0 Å². The Bertz CT molecular complexity index is 1200. The van der Waals surface area contributed by atoms with Gasteiger partial charge in [-0.2, -0.15) is 0 Å². The molecule has 0 bridgehead atoms. The van der Waals surface area contributed by atoms with Crippen LogP contribution in [0.25, 0.3) is 0 Å². The van der Waals surface area contributed by atoms with Crippen LogP contribution in [0.15, 0.2) is 91.0 Å².